The maximum Gasteiger partial charge on any atom is 0.305 e. The largest absolute Gasteiger partial charge is 0.469 e. The molecule has 0 saturated carbocycles. The van der Waals surface area contributed by atoms with E-state index in [0.717, 1.165) is 48.2 Å². The van der Waals surface area contributed by atoms with Crippen molar-refractivity contribution in [2.24, 2.45) is 0 Å². The number of hydrogen-bond acceptors (Lipinski definition) is 5. The molecule has 0 amide bonds. The summed E-state index contributed by atoms with van der Waals surface area (Å²) < 4.78 is 6.43. The van der Waals surface area contributed by atoms with Gasteiger partial charge < -0.3 is 10.1 Å². The second kappa shape index (κ2) is 7.70. The first kappa shape index (κ1) is 17.5. The number of benzene rings is 1. The summed E-state index contributed by atoms with van der Waals surface area (Å²) in [7, 11) is 1.42. The summed E-state index contributed by atoms with van der Waals surface area (Å²) >= 11 is 6.34. The first-order valence-corrected chi connectivity index (χ1v) is 8.74. The maximum absolute atomic E-state index is 11.1. The van der Waals surface area contributed by atoms with E-state index in [9.17, 15) is 4.79 Å². The molecule has 7 heteroatoms. The van der Waals surface area contributed by atoms with Crippen LogP contribution in [0.1, 0.15) is 31.4 Å². The number of nitrogens with zero attached hydrogens (tertiary/aromatic N) is 3. The number of unbranched alkanes of at least 4 members (excludes halogenated alkanes) is 2. The van der Waals surface area contributed by atoms with E-state index in [1.54, 1.807) is 4.52 Å². The zero-order chi connectivity index (χ0) is 17.8. The van der Waals surface area contributed by atoms with Crippen molar-refractivity contribution in [3.8, 4) is 0 Å². The molecular weight excluding hydrogens is 340 g/mol. The molecule has 0 atom stereocenters. The molecule has 3 aromatic rings. The van der Waals surface area contributed by atoms with Gasteiger partial charge in [0.1, 0.15) is 10.8 Å². The van der Waals surface area contributed by atoms with Gasteiger partial charge in [0.15, 0.2) is 5.65 Å². The minimum absolute atomic E-state index is 0.156. The van der Waals surface area contributed by atoms with Crippen LogP contribution in [0.25, 0.3) is 16.6 Å². The van der Waals surface area contributed by atoms with Crippen LogP contribution in [-0.4, -0.2) is 34.2 Å². The Morgan fingerprint density at radius 1 is 1.28 bits per heavy atom. The summed E-state index contributed by atoms with van der Waals surface area (Å²) in [5.41, 5.74) is 2.39. The number of rotatable bonds is 7. The Balaban J connectivity index is 1.74. The van der Waals surface area contributed by atoms with Crippen molar-refractivity contribution in [3.05, 3.63) is 35.0 Å². The number of nitrogens with one attached hydrogen (secondary N) is 1. The summed E-state index contributed by atoms with van der Waals surface area (Å²) in [4.78, 5) is 15.8. The lowest BCUT2D eigenvalue weighted by Crippen LogP contribution is -2.06. The molecule has 0 radical (unpaired) electrons. The highest BCUT2D eigenvalue weighted by molar-refractivity contribution is 6.34. The second-order valence-corrected chi connectivity index (χ2v) is 6.30. The van der Waals surface area contributed by atoms with E-state index in [1.165, 1.54) is 7.11 Å². The number of carbonyl (C=O) groups excluding carboxylic acids is 1. The number of carbonyl (C=O) groups is 1. The van der Waals surface area contributed by atoms with Crippen LogP contribution in [0.2, 0.25) is 5.02 Å². The molecule has 0 saturated heterocycles. The van der Waals surface area contributed by atoms with E-state index in [-0.39, 0.29) is 5.97 Å². The van der Waals surface area contributed by atoms with Crippen molar-refractivity contribution in [2.45, 2.75) is 32.6 Å². The molecule has 1 aromatic carbocycles. The first-order chi connectivity index (χ1) is 12.1. The molecule has 0 aliphatic rings. The number of anilines is 1. The SMILES string of the molecule is COC(=O)CCCCCNc1nc2c(Cl)c(C)nn2c2ccccc12. The normalized spacial score (nSPS) is 11.2. The van der Waals surface area contributed by atoms with E-state index < -0.39 is 0 Å². The van der Waals surface area contributed by atoms with Crippen LogP contribution in [0, 0.1) is 6.92 Å². The van der Waals surface area contributed by atoms with Crippen LogP contribution in [-0.2, 0) is 9.53 Å². The molecule has 0 aliphatic carbocycles. The molecule has 25 heavy (non-hydrogen) atoms. The quantitative estimate of drug-likeness (QED) is 0.509. The molecule has 0 aliphatic heterocycles. The van der Waals surface area contributed by atoms with Gasteiger partial charge in [0.25, 0.3) is 0 Å². The number of para-hydroxylation sites is 1. The lowest BCUT2D eigenvalue weighted by Gasteiger charge is -2.10. The third kappa shape index (κ3) is 3.69. The summed E-state index contributed by atoms with van der Waals surface area (Å²) in [6.45, 7) is 2.65. The van der Waals surface area contributed by atoms with Crippen LogP contribution in [0.4, 0.5) is 5.82 Å². The topological polar surface area (TPSA) is 68.5 Å². The molecule has 1 N–H and O–H groups in total. The van der Waals surface area contributed by atoms with Gasteiger partial charge in [-0.3, -0.25) is 4.79 Å². The predicted octanol–water partition coefficient (Wildman–Crippen LogP) is 3.99. The summed E-state index contributed by atoms with van der Waals surface area (Å²) in [6.07, 6.45) is 3.20. The Labute approximate surface area is 151 Å². The molecule has 0 spiro atoms. The van der Waals surface area contributed by atoms with E-state index >= 15 is 0 Å². The minimum atomic E-state index is -0.156. The fourth-order valence-corrected chi connectivity index (χ4v) is 2.96. The lowest BCUT2D eigenvalue weighted by molar-refractivity contribution is -0.140. The number of methoxy groups -OCH3 is 1. The summed E-state index contributed by atoms with van der Waals surface area (Å²) in [5.74, 6) is 0.648. The predicted molar refractivity (Wildman–Crippen MR) is 99.2 cm³/mol. The van der Waals surface area contributed by atoms with Crippen molar-refractivity contribution in [1.29, 1.82) is 0 Å². The van der Waals surface area contributed by atoms with Crippen molar-refractivity contribution in [2.75, 3.05) is 19.0 Å². The number of hydrogen-bond donors (Lipinski definition) is 1. The highest BCUT2D eigenvalue weighted by Gasteiger charge is 2.14. The van der Waals surface area contributed by atoms with Gasteiger partial charge in [-0.25, -0.2) is 9.50 Å². The van der Waals surface area contributed by atoms with Gasteiger partial charge >= 0.3 is 5.97 Å². The van der Waals surface area contributed by atoms with Crippen LogP contribution >= 0.6 is 11.6 Å². The van der Waals surface area contributed by atoms with Gasteiger partial charge in [0, 0.05) is 18.4 Å². The molecule has 2 heterocycles. The number of halogens is 1. The Hall–Kier alpha value is -2.34. The molecule has 132 valence electrons. The number of aryl methyl sites for hydroxylation is 1. The zero-order valence-electron chi connectivity index (χ0n) is 14.4. The van der Waals surface area contributed by atoms with Gasteiger partial charge in [-0.15, -0.1) is 0 Å². The smallest absolute Gasteiger partial charge is 0.305 e. The number of esters is 1. The number of fused-ring (bicyclic) bond motifs is 3. The fourth-order valence-electron chi connectivity index (χ4n) is 2.80. The molecular formula is C18H21ClN4O2. The van der Waals surface area contributed by atoms with Gasteiger partial charge in [0.05, 0.1) is 18.3 Å². The number of ether oxygens (including phenoxy) is 1. The number of aromatic nitrogens is 3. The van der Waals surface area contributed by atoms with Gasteiger partial charge in [-0.05, 0) is 31.9 Å². The lowest BCUT2D eigenvalue weighted by atomic mass is 10.2. The molecule has 6 nitrogen and oxygen atoms in total. The Kier molecular flexibility index (Phi) is 5.38. The monoisotopic (exact) mass is 360 g/mol. The van der Waals surface area contributed by atoms with Crippen molar-refractivity contribution in [1.82, 2.24) is 14.6 Å². The Morgan fingerprint density at radius 2 is 2.08 bits per heavy atom. The van der Waals surface area contributed by atoms with E-state index in [2.05, 4.69) is 20.1 Å². The van der Waals surface area contributed by atoms with Crippen LogP contribution < -0.4 is 5.32 Å². The fraction of sp³-hybridized carbons (Fsp3) is 0.389. The van der Waals surface area contributed by atoms with Crippen LogP contribution in [0.5, 0.6) is 0 Å². The second-order valence-electron chi connectivity index (χ2n) is 5.93. The Bertz CT molecular complexity index is 907. The molecule has 2 aromatic heterocycles. The molecule has 3 rings (SSSR count). The van der Waals surface area contributed by atoms with E-state index in [0.29, 0.717) is 17.1 Å². The summed E-state index contributed by atoms with van der Waals surface area (Å²) in [5, 5.41) is 9.45. The first-order valence-electron chi connectivity index (χ1n) is 8.36. The highest BCUT2D eigenvalue weighted by Crippen LogP contribution is 2.28. The maximum atomic E-state index is 11.1. The average Bonchev–Trinajstić information content (AvgIpc) is 2.92. The van der Waals surface area contributed by atoms with Gasteiger partial charge in [-0.2, -0.15) is 5.10 Å². The highest BCUT2D eigenvalue weighted by atomic mass is 35.5. The minimum Gasteiger partial charge on any atom is -0.469 e. The molecule has 0 unspecified atom stereocenters. The van der Waals surface area contributed by atoms with E-state index in [4.69, 9.17) is 11.6 Å². The third-order valence-electron chi connectivity index (χ3n) is 4.15. The summed E-state index contributed by atoms with van der Waals surface area (Å²) in [6, 6.07) is 7.99. The van der Waals surface area contributed by atoms with Crippen LogP contribution in [0.3, 0.4) is 0 Å². The third-order valence-corrected chi connectivity index (χ3v) is 4.59. The zero-order valence-corrected chi connectivity index (χ0v) is 15.1. The van der Waals surface area contributed by atoms with Crippen molar-refractivity contribution < 1.29 is 9.53 Å². The van der Waals surface area contributed by atoms with Gasteiger partial charge in [-0.1, -0.05) is 30.2 Å². The molecule has 0 bridgehead atoms. The average molecular weight is 361 g/mol. The van der Waals surface area contributed by atoms with Crippen LogP contribution in [0.15, 0.2) is 24.3 Å². The van der Waals surface area contributed by atoms with Gasteiger partial charge in [0.2, 0.25) is 0 Å². The van der Waals surface area contributed by atoms with E-state index in [1.807, 2.05) is 31.2 Å². The van der Waals surface area contributed by atoms with Crippen molar-refractivity contribution in [3.63, 3.8) is 0 Å². The standard InChI is InChI=1S/C18H21ClN4O2/c1-12-16(19)18-21-17(20-11-7-3-4-10-15(24)25-2)13-8-5-6-9-14(13)23(18)22-12/h5-6,8-9H,3-4,7,10-11H2,1-2H3,(H,20,21). The Morgan fingerprint density at radius 3 is 2.88 bits per heavy atom. The molecule has 0 fully saturated rings. The van der Waals surface area contributed by atoms with Crippen molar-refractivity contribution >= 4 is 39.9 Å².